The zero-order valence-corrected chi connectivity index (χ0v) is 14.9. The van der Waals surface area contributed by atoms with Gasteiger partial charge in [-0.2, -0.15) is 0 Å². The van der Waals surface area contributed by atoms with Crippen LogP contribution in [0.1, 0.15) is 4.88 Å². The normalized spacial score (nSPS) is 15.3. The first-order chi connectivity index (χ1) is 11.1. The van der Waals surface area contributed by atoms with Crippen LogP contribution in [0.4, 0.5) is 5.69 Å². The van der Waals surface area contributed by atoms with Gasteiger partial charge in [0.15, 0.2) is 0 Å². The molecule has 2 aromatic rings. The number of amides is 1. The second kappa shape index (κ2) is 7.19. The van der Waals surface area contributed by atoms with Gasteiger partial charge in [0.05, 0.1) is 3.79 Å². The smallest absolute Gasteiger partial charge is 0.246 e. The number of phenolic OH excluding ortho intramolecular Hbond substituents is 1. The first-order valence-electron chi connectivity index (χ1n) is 7.38. The molecule has 0 radical (unpaired) electrons. The molecule has 0 unspecified atom stereocenters. The number of hydrogen-bond acceptors (Lipinski definition) is 4. The molecule has 0 bridgehead atoms. The third-order valence-corrected chi connectivity index (χ3v) is 5.38. The van der Waals surface area contributed by atoms with E-state index in [2.05, 4.69) is 20.8 Å². The summed E-state index contributed by atoms with van der Waals surface area (Å²) in [6.07, 6.45) is 3.51. The predicted molar refractivity (Wildman–Crippen MR) is 98.0 cm³/mol. The summed E-state index contributed by atoms with van der Waals surface area (Å²) in [6.45, 7) is 3.01. The molecule has 0 aliphatic carbocycles. The quantitative estimate of drug-likeness (QED) is 0.811. The second-order valence-corrected chi connectivity index (χ2v) is 7.80. The first kappa shape index (κ1) is 16.1. The fourth-order valence-electron chi connectivity index (χ4n) is 2.53. The van der Waals surface area contributed by atoms with Crippen LogP contribution in [0.25, 0.3) is 6.08 Å². The number of hydrogen-bond donors (Lipinski definition) is 1. The minimum Gasteiger partial charge on any atom is -0.508 e. The minimum atomic E-state index is 0.0554. The molecule has 120 valence electrons. The van der Waals surface area contributed by atoms with Crippen molar-refractivity contribution in [3.8, 4) is 5.75 Å². The number of nitrogens with zero attached hydrogens (tertiary/aromatic N) is 2. The van der Waals surface area contributed by atoms with Gasteiger partial charge in [0.25, 0.3) is 0 Å². The monoisotopic (exact) mass is 392 g/mol. The van der Waals surface area contributed by atoms with Gasteiger partial charge in [-0.05, 0) is 58.4 Å². The van der Waals surface area contributed by atoms with E-state index in [-0.39, 0.29) is 11.7 Å². The van der Waals surface area contributed by atoms with Gasteiger partial charge in [-0.1, -0.05) is 0 Å². The fraction of sp³-hybridized carbons (Fsp3) is 0.235. The van der Waals surface area contributed by atoms with Crippen LogP contribution in [0, 0.1) is 0 Å². The number of piperazine rings is 1. The maximum atomic E-state index is 12.2. The van der Waals surface area contributed by atoms with E-state index in [1.165, 1.54) is 0 Å². The van der Waals surface area contributed by atoms with E-state index < -0.39 is 0 Å². The Balaban J connectivity index is 1.55. The van der Waals surface area contributed by atoms with Crippen molar-refractivity contribution in [1.82, 2.24) is 4.90 Å². The maximum Gasteiger partial charge on any atom is 0.246 e. The summed E-state index contributed by atoms with van der Waals surface area (Å²) in [5, 5.41) is 9.34. The van der Waals surface area contributed by atoms with Crippen molar-refractivity contribution in [2.45, 2.75) is 0 Å². The molecule has 1 aromatic heterocycles. The summed E-state index contributed by atoms with van der Waals surface area (Å²) in [4.78, 5) is 17.4. The average Bonchev–Trinajstić information content (AvgIpc) is 2.99. The Kier molecular flexibility index (Phi) is 5.03. The van der Waals surface area contributed by atoms with Crippen molar-refractivity contribution >= 4 is 44.9 Å². The standard InChI is InChI=1S/C17H17BrN2O2S/c18-16-7-5-15(23-16)6-8-17(22)20-11-9-19(10-12-20)13-1-3-14(21)4-2-13/h1-8,21H,9-12H2/b8-6+. The molecule has 0 saturated carbocycles. The van der Waals surface area contributed by atoms with Crippen molar-refractivity contribution in [2.24, 2.45) is 0 Å². The van der Waals surface area contributed by atoms with Gasteiger partial charge in [-0.25, -0.2) is 0 Å². The van der Waals surface area contributed by atoms with Crippen LogP contribution in [0.2, 0.25) is 0 Å². The lowest BCUT2D eigenvalue weighted by Gasteiger charge is -2.35. The molecule has 1 saturated heterocycles. The molecule has 0 atom stereocenters. The topological polar surface area (TPSA) is 43.8 Å². The Morgan fingerprint density at radius 3 is 2.39 bits per heavy atom. The Morgan fingerprint density at radius 2 is 1.78 bits per heavy atom. The third kappa shape index (κ3) is 4.14. The van der Waals surface area contributed by atoms with E-state index in [0.717, 1.165) is 27.4 Å². The van der Waals surface area contributed by atoms with E-state index in [1.807, 2.05) is 35.2 Å². The minimum absolute atomic E-state index is 0.0554. The van der Waals surface area contributed by atoms with Gasteiger partial charge in [-0.3, -0.25) is 4.79 Å². The highest BCUT2D eigenvalue weighted by atomic mass is 79.9. The van der Waals surface area contributed by atoms with Crippen LogP contribution in [0.15, 0.2) is 46.3 Å². The summed E-state index contributed by atoms with van der Waals surface area (Å²) in [5.41, 5.74) is 1.08. The molecule has 1 aliphatic heterocycles. The van der Waals surface area contributed by atoms with Gasteiger partial charge in [0.1, 0.15) is 5.75 Å². The maximum absolute atomic E-state index is 12.2. The van der Waals surface area contributed by atoms with Crippen LogP contribution in [-0.4, -0.2) is 42.1 Å². The van der Waals surface area contributed by atoms with Crippen molar-refractivity contribution in [2.75, 3.05) is 31.1 Å². The van der Waals surface area contributed by atoms with Crippen LogP contribution in [0.5, 0.6) is 5.75 Å². The number of aromatic hydroxyl groups is 1. The number of anilines is 1. The Bertz CT molecular complexity index is 704. The highest BCUT2D eigenvalue weighted by molar-refractivity contribution is 9.11. The number of thiophene rings is 1. The van der Waals surface area contributed by atoms with Crippen LogP contribution in [0.3, 0.4) is 0 Å². The van der Waals surface area contributed by atoms with Gasteiger partial charge >= 0.3 is 0 Å². The number of carbonyl (C=O) groups excluding carboxylic acids is 1. The Labute approximate surface area is 147 Å². The SMILES string of the molecule is O=C(/C=C/c1ccc(Br)s1)N1CCN(c2ccc(O)cc2)CC1. The third-order valence-electron chi connectivity index (χ3n) is 3.79. The summed E-state index contributed by atoms with van der Waals surface area (Å²) in [5.74, 6) is 0.327. The van der Waals surface area contributed by atoms with E-state index >= 15 is 0 Å². The molecular weight excluding hydrogens is 376 g/mol. The molecular formula is C17H17BrN2O2S. The molecule has 1 aliphatic rings. The van der Waals surface area contributed by atoms with Gasteiger partial charge in [0.2, 0.25) is 5.91 Å². The number of halogens is 1. The van der Waals surface area contributed by atoms with Gasteiger partial charge < -0.3 is 14.9 Å². The fourth-order valence-corrected chi connectivity index (χ4v) is 3.85. The number of benzene rings is 1. The van der Waals surface area contributed by atoms with Crippen molar-refractivity contribution < 1.29 is 9.90 Å². The highest BCUT2D eigenvalue weighted by Gasteiger charge is 2.19. The first-order valence-corrected chi connectivity index (χ1v) is 8.99. The average molecular weight is 393 g/mol. The molecule has 4 nitrogen and oxygen atoms in total. The lowest BCUT2D eigenvalue weighted by molar-refractivity contribution is -0.126. The number of rotatable bonds is 3. The molecule has 1 N–H and O–H groups in total. The molecule has 6 heteroatoms. The highest BCUT2D eigenvalue weighted by Crippen LogP contribution is 2.23. The molecule has 1 amide bonds. The lowest BCUT2D eigenvalue weighted by atomic mass is 10.2. The summed E-state index contributed by atoms with van der Waals surface area (Å²) < 4.78 is 1.06. The summed E-state index contributed by atoms with van der Waals surface area (Å²) in [7, 11) is 0. The molecule has 2 heterocycles. The number of carbonyl (C=O) groups is 1. The van der Waals surface area contributed by atoms with Gasteiger partial charge in [-0.15, -0.1) is 11.3 Å². The molecule has 23 heavy (non-hydrogen) atoms. The largest absolute Gasteiger partial charge is 0.508 e. The molecule has 1 fully saturated rings. The van der Waals surface area contributed by atoms with Crippen LogP contribution >= 0.6 is 27.3 Å². The van der Waals surface area contributed by atoms with Crippen molar-refractivity contribution in [3.05, 3.63) is 51.1 Å². The van der Waals surface area contributed by atoms with E-state index in [4.69, 9.17) is 0 Å². The molecule has 1 aromatic carbocycles. The number of phenols is 1. The zero-order valence-electron chi connectivity index (χ0n) is 12.5. The van der Waals surface area contributed by atoms with Crippen molar-refractivity contribution in [1.29, 1.82) is 0 Å². The summed E-state index contributed by atoms with van der Waals surface area (Å²) in [6, 6.07) is 11.2. The molecule has 3 rings (SSSR count). The van der Waals surface area contributed by atoms with E-state index in [0.29, 0.717) is 13.1 Å². The molecule has 0 spiro atoms. The van der Waals surface area contributed by atoms with E-state index in [1.54, 1.807) is 29.5 Å². The Morgan fingerprint density at radius 1 is 1.09 bits per heavy atom. The zero-order chi connectivity index (χ0) is 16.2. The van der Waals surface area contributed by atoms with Crippen molar-refractivity contribution in [3.63, 3.8) is 0 Å². The van der Waals surface area contributed by atoms with Crippen LogP contribution < -0.4 is 4.90 Å². The second-order valence-electron chi connectivity index (χ2n) is 5.30. The van der Waals surface area contributed by atoms with Gasteiger partial charge in [0, 0.05) is 42.8 Å². The predicted octanol–water partition coefficient (Wildman–Crippen LogP) is 3.58. The lowest BCUT2D eigenvalue weighted by Crippen LogP contribution is -2.48. The van der Waals surface area contributed by atoms with Crippen LogP contribution in [-0.2, 0) is 4.79 Å². The Hall–Kier alpha value is -1.79. The van der Waals surface area contributed by atoms with E-state index in [9.17, 15) is 9.90 Å². The summed E-state index contributed by atoms with van der Waals surface area (Å²) >= 11 is 5.02.